The number of furan rings is 1. The number of nitrogens with zero attached hydrogens (tertiary/aromatic N) is 5. The summed E-state index contributed by atoms with van der Waals surface area (Å²) in [6.45, 7) is 11.2. The van der Waals surface area contributed by atoms with E-state index in [1.165, 1.54) is 17.3 Å². The van der Waals surface area contributed by atoms with Crippen LogP contribution in [0, 0.1) is 0 Å². The molecule has 31 heavy (non-hydrogen) atoms. The van der Waals surface area contributed by atoms with Crippen molar-refractivity contribution in [3.05, 3.63) is 65.7 Å². The Morgan fingerprint density at radius 1 is 1.06 bits per heavy atom. The lowest BCUT2D eigenvalue weighted by Gasteiger charge is -2.19. The highest BCUT2D eigenvalue weighted by Crippen LogP contribution is 2.29. The van der Waals surface area contributed by atoms with Gasteiger partial charge in [0.2, 0.25) is 5.89 Å². The zero-order chi connectivity index (χ0) is 22.0. The molecule has 0 radical (unpaired) electrons. The Hall–Kier alpha value is -2.87. The Morgan fingerprint density at radius 3 is 2.45 bits per heavy atom. The number of benzene rings is 1. The Kier molecular flexibility index (Phi) is 6.00. The highest BCUT2D eigenvalue weighted by atomic mass is 32.2. The summed E-state index contributed by atoms with van der Waals surface area (Å²) in [6.07, 6.45) is 1.68. The zero-order valence-corrected chi connectivity index (χ0v) is 19.3. The van der Waals surface area contributed by atoms with Crippen LogP contribution in [0.25, 0.3) is 11.4 Å². The minimum Gasteiger partial charge on any atom is -0.467 e. The van der Waals surface area contributed by atoms with E-state index in [1.54, 1.807) is 6.26 Å². The predicted molar refractivity (Wildman–Crippen MR) is 120 cm³/mol. The van der Waals surface area contributed by atoms with E-state index in [1.807, 2.05) is 26.0 Å². The first-order valence-electron chi connectivity index (χ1n) is 10.3. The SMILES string of the molecule is CC(C)c1noc(CSc2nnc(-c3ccc(C(C)(C)C)cc3)n2Cc2ccco2)n1. The van der Waals surface area contributed by atoms with Gasteiger partial charge in [-0.3, -0.25) is 4.57 Å². The van der Waals surface area contributed by atoms with Crippen LogP contribution in [0.3, 0.4) is 0 Å². The number of aromatic nitrogens is 5. The third-order valence-electron chi connectivity index (χ3n) is 4.94. The van der Waals surface area contributed by atoms with E-state index in [2.05, 4.69) is 69.9 Å². The van der Waals surface area contributed by atoms with Crippen LogP contribution in [0.1, 0.15) is 63.6 Å². The zero-order valence-electron chi connectivity index (χ0n) is 18.5. The summed E-state index contributed by atoms with van der Waals surface area (Å²) >= 11 is 1.52. The number of hydrogen-bond donors (Lipinski definition) is 0. The van der Waals surface area contributed by atoms with Crippen LogP contribution in [0.15, 0.2) is 56.8 Å². The van der Waals surface area contributed by atoms with Crippen molar-refractivity contribution in [1.29, 1.82) is 0 Å². The van der Waals surface area contributed by atoms with Crippen molar-refractivity contribution in [3.8, 4) is 11.4 Å². The minimum atomic E-state index is 0.0975. The molecule has 0 aliphatic carbocycles. The summed E-state index contributed by atoms with van der Waals surface area (Å²) in [5.41, 5.74) is 2.39. The third-order valence-corrected chi connectivity index (χ3v) is 5.90. The van der Waals surface area contributed by atoms with Crippen LogP contribution < -0.4 is 0 Å². The van der Waals surface area contributed by atoms with Crippen LogP contribution in [0.2, 0.25) is 0 Å². The van der Waals surface area contributed by atoms with Gasteiger partial charge in [0.25, 0.3) is 0 Å². The molecule has 0 aliphatic rings. The van der Waals surface area contributed by atoms with Crippen LogP contribution in [0.4, 0.5) is 0 Å². The average molecular weight is 438 g/mol. The maximum atomic E-state index is 5.58. The lowest BCUT2D eigenvalue weighted by molar-refractivity contribution is 0.382. The molecule has 0 saturated carbocycles. The molecule has 162 valence electrons. The summed E-state index contributed by atoms with van der Waals surface area (Å²) in [5, 5.41) is 13.7. The number of thioether (sulfide) groups is 1. The lowest BCUT2D eigenvalue weighted by Crippen LogP contribution is -2.10. The molecule has 0 saturated heterocycles. The number of rotatable bonds is 7. The van der Waals surface area contributed by atoms with Crippen LogP contribution >= 0.6 is 11.8 Å². The molecule has 7 nitrogen and oxygen atoms in total. The van der Waals surface area contributed by atoms with Crippen molar-refractivity contribution >= 4 is 11.8 Å². The van der Waals surface area contributed by atoms with Crippen LogP contribution in [-0.2, 0) is 17.7 Å². The summed E-state index contributed by atoms with van der Waals surface area (Å²) < 4.78 is 13.0. The molecule has 0 bridgehead atoms. The first-order valence-corrected chi connectivity index (χ1v) is 11.3. The smallest absolute Gasteiger partial charge is 0.237 e. The second kappa shape index (κ2) is 8.70. The van der Waals surface area contributed by atoms with E-state index in [4.69, 9.17) is 8.94 Å². The predicted octanol–water partition coefficient (Wildman–Crippen LogP) is 5.68. The molecule has 0 atom stereocenters. The van der Waals surface area contributed by atoms with Gasteiger partial charge in [0.15, 0.2) is 16.8 Å². The van der Waals surface area contributed by atoms with E-state index in [0.29, 0.717) is 24.0 Å². The molecule has 3 heterocycles. The molecular weight excluding hydrogens is 410 g/mol. The molecule has 4 rings (SSSR count). The van der Waals surface area contributed by atoms with Crippen LogP contribution in [0.5, 0.6) is 0 Å². The fourth-order valence-corrected chi connectivity index (χ4v) is 3.89. The van der Waals surface area contributed by atoms with E-state index in [-0.39, 0.29) is 11.3 Å². The molecule has 0 N–H and O–H groups in total. The molecular formula is C23H27N5O2S. The van der Waals surface area contributed by atoms with Gasteiger partial charge in [0.1, 0.15) is 5.76 Å². The van der Waals surface area contributed by atoms with Crippen molar-refractivity contribution in [2.75, 3.05) is 0 Å². The third kappa shape index (κ3) is 4.90. The summed E-state index contributed by atoms with van der Waals surface area (Å²) in [4.78, 5) is 4.45. The van der Waals surface area contributed by atoms with E-state index < -0.39 is 0 Å². The Bertz CT molecular complexity index is 1120. The van der Waals surface area contributed by atoms with Crippen molar-refractivity contribution in [1.82, 2.24) is 24.9 Å². The molecule has 0 unspecified atom stereocenters. The van der Waals surface area contributed by atoms with Gasteiger partial charge in [-0.15, -0.1) is 10.2 Å². The molecule has 8 heteroatoms. The molecule has 4 aromatic rings. The van der Waals surface area contributed by atoms with Gasteiger partial charge in [-0.2, -0.15) is 4.98 Å². The van der Waals surface area contributed by atoms with Gasteiger partial charge in [-0.25, -0.2) is 0 Å². The Labute approximate surface area is 186 Å². The standard InChI is InChI=1S/C23H27N5O2S/c1-15(2)20-24-19(30-27-20)14-31-22-26-25-21(28(22)13-18-7-6-12-29-18)16-8-10-17(11-9-16)23(3,4)5/h6-12,15H,13-14H2,1-5H3. The quantitative estimate of drug-likeness (QED) is 0.344. The second-order valence-corrected chi connectivity index (χ2v) is 9.73. The molecule has 3 aromatic heterocycles. The molecule has 0 spiro atoms. The van der Waals surface area contributed by atoms with Gasteiger partial charge in [-0.05, 0) is 23.1 Å². The minimum absolute atomic E-state index is 0.0975. The normalized spacial score (nSPS) is 12.1. The molecule has 1 aromatic carbocycles. The van der Waals surface area contributed by atoms with Crippen LogP contribution in [-0.4, -0.2) is 24.9 Å². The van der Waals surface area contributed by atoms with Gasteiger partial charge in [0, 0.05) is 11.5 Å². The summed E-state index contributed by atoms with van der Waals surface area (Å²) in [7, 11) is 0. The highest BCUT2D eigenvalue weighted by Gasteiger charge is 2.19. The highest BCUT2D eigenvalue weighted by molar-refractivity contribution is 7.98. The number of hydrogen-bond acceptors (Lipinski definition) is 7. The van der Waals surface area contributed by atoms with E-state index in [0.717, 1.165) is 22.3 Å². The van der Waals surface area contributed by atoms with Gasteiger partial charge in [0.05, 0.1) is 18.6 Å². The topological polar surface area (TPSA) is 82.8 Å². The average Bonchev–Trinajstić information content (AvgIpc) is 3.48. The Balaban J connectivity index is 1.61. The van der Waals surface area contributed by atoms with Gasteiger partial charge >= 0.3 is 0 Å². The maximum absolute atomic E-state index is 5.58. The van der Waals surface area contributed by atoms with Crippen molar-refractivity contribution in [2.45, 2.75) is 63.4 Å². The second-order valence-electron chi connectivity index (χ2n) is 8.79. The fraction of sp³-hybridized carbons (Fsp3) is 0.391. The summed E-state index contributed by atoms with van der Waals surface area (Å²) in [6, 6.07) is 12.3. The fourth-order valence-electron chi connectivity index (χ4n) is 3.12. The van der Waals surface area contributed by atoms with Gasteiger partial charge < -0.3 is 8.94 Å². The lowest BCUT2D eigenvalue weighted by atomic mass is 9.87. The van der Waals surface area contributed by atoms with Crippen molar-refractivity contribution in [2.24, 2.45) is 0 Å². The first kappa shape index (κ1) is 21.4. The molecule has 0 aliphatic heterocycles. The van der Waals surface area contributed by atoms with Crippen molar-refractivity contribution in [3.63, 3.8) is 0 Å². The monoisotopic (exact) mass is 437 g/mol. The molecule has 0 amide bonds. The summed E-state index contributed by atoms with van der Waals surface area (Å²) in [5.74, 6) is 3.69. The Morgan fingerprint density at radius 2 is 1.84 bits per heavy atom. The maximum Gasteiger partial charge on any atom is 0.237 e. The first-order chi connectivity index (χ1) is 14.8. The van der Waals surface area contributed by atoms with Gasteiger partial charge in [-0.1, -0.05) is 75.8 Å². The molecule has 0 fully saturated rings. The largest absolute Gasteiger partial charge is 0.467 e. The van der Waals surface area contributed by atoms with E-state index in [9.17, 15) is 0 Å². The van der Waals surface area contributed by atoms with Crippen molar-refractivity contribution < 1.29 is 8.94 Å². The van der Waals surface area contributed by atoms with E-state index >= 15 is 0 Å².